The van der Waals surface area contributed by atoms with Gasteiger partial charge in [0.1, 0.15) is 0 Å². The number of rotatable bonds is 2. The first-order valence-electron chi connectivity index (χ1n) is 9.80. The van der Waals surface area contributed by atoms with E-state index in [0.717, 1.165) is 23.2 Å². The molecule has 4 fully saturated rings. The number of hydrogen-bond acceptors (Lipinski definition) is 0. The fraction of sp³-hybridized carbons (Fsp3) is 1.00. The molecule has 4 atom stereocenters. The molecule has 20 heavy (non-hydrogen) atoms. The van der Waals surface area contributed by atoms with Gasteiger partial charge in [0.15, 0.2) is 0 Å². The van der Waals surface area contributed by atoms with E-state index in [-0.39, 0.29) is 0 Å². The highest BCUT2D eigenvalue weighted by atomic mass is 14.5. The standard InChI is InChI=1S/C20H36/c1-2-12-20-13-11-17-7-5-3-4-6-8-18(15-20)9-10-19(14-17)16-20/h17-19H,2-16H2,1H3/t17-,18-,19-,20+/m0/s1. The van der Waals surface area contributed by atoms with Crippen LogP contribution in [0.25, 0.3) is 0 Å². The minimum atomic E-state index is 0.772. The van der Waals surface area contributed by atoms with E-state index in [1.54, 1.807) is 57.8 Å². The minimum absolute atomic E-state index is 0.772. The summed E-state index contributed by atoms with van der Waals surface area (Å²) in [6.07, 6.45) is 23.3. The van der Waals surface area contributed by atoms with Crippen molar-refractivity contribution in [3.8, 4) is 0 Å². The molecule has 0 aromatic heterocycles. The van der Waals surface area contributed by atoms with Gasteiger partial charge >= 0.3 is 0 Å². The normalized spacial score (nSPS) is 42.8. The van der Waals surface area contributed by atoms with Crippen molar-refractivity contribution in [2.24, 2.45) is 23.2 Å². The first kappa shape index (κ1) is 14.9. The van der Waals surface area contributed by atoms with E-state index in [4.69, 9.17) is 0 Å². The topological polar surface area (TPSA) is 0 Å². The highest BCUT2D eigenvalue weighted by molar-refractivity contribution is 4.91. The van der Waals surface area contributed by atoms with Gasteiger partial charge in [-0.05, 0) is 61.7 Å². The van der Waals surface area contributed by atoms with Crippen LogP contribution >= 0.6 is 0 Å². The lowest BCUT2D eigenvalue weighted by atomic mass is 9.70. The molecular formula is C20H36. The Balaban J connectivity index is 1.81. The van der Waals surface area contributed by atoms with Crippen LogP contribution in [0.3, 0.4) is 0 Å². The average molecular weight is 277 g/mol. The molecule has 0 nitrogen and oxygen atoms in total. The van der Waals surface area contributed by atoms with E-state index in [0.29, 0.717) is 0 Å². The van der Waals surface area contributed by atoms with Crippen molar-refractivity contribution >= 4 is 0 Å². The third kappa shape index (κ3) is 3.60. The third-order valence-electron chi connectivity index (χ3n) is 6.93. The van der Waals surface area contributed by atoms with Crippen molar-refractivity contribution in [3.63, 3.8) is 0 Å². The van der Waals surface area contributed by atoms with Crippen molar-refractivity contribution in [2.75, 3.05) is 0 Å². The van der Waals surface area contributed by atoms with Crippen LogP contribution < -0.4 is 0 Å². The van der Waals surface area contributed by atoms with E-state index in [9.17, 15) is 0 Å². The Morgan fingerprint density at radius 2 is 1.45 bits per heavy atom. The van der Waals surface area contributed by atoms with Crippen LogP contribution in [0.2, 0.25) is 0 Å². The smallest absolute Gasteiger partial charge is 0.0292 e. The summed E-state index contributed by atoms with van der Waals surface area (Å²) in [4.78, 5) is 0. The lowest BCUT2D eigenvalue weighted by Crippen LogP contribution is -2.23. The largest absolute Gasteiger partial charge is 0.0654 e. The van der Waals surface area contributed by atoms with Crippen LogP contribution in [0, 0.1) is 23.2 Å². The second-order valence-corrected chi connectivity index (χ2v) is 8.60. The van der Waals surface area contributed by atoms with Crippen LogP contribution in [-0.2, 0) is 0 Å². The summed E-state index contributed by atoms with van der Waals surface area (Å²) in [6.45, 7) is 2.43. The van der Waals surface area contributed by atoms with Crippen molar-refractivity contribution in [3.05, 3.63) is 0 Å². The van der Waals surface area contributed by atoms with Crippen molar-refractivity contribution in [2.45, 2.75) is 103 Å². The monoisotopic (exact) mass is 276 g/mol. The summed E-state index contributed by atoms with van der Waals surface area (Å²) in [7, 11) is 0. The molecule has 4 saturated carbocycles. The van der Waals surface area contributed by atoms with E-state index >= 15 is 0 Å². The Labute approximate surface area is 127 Å². The maximum absolute atomic E-state index is 2.43. The molecule has 0 unspecified atom stereocenters. The molecule has 116 valence electrons. The Bertz CT molecular complexity index is 294. The Kier molecular flexibility index (Phi) is 5.10. The SMILES string of the molecule is CCC[C@]12CC[C@@H]3CCCCCC[C@@H](CC[C@@H](C3)C1)C2. The van der Waals surface area contributed by atoms with E-state index < -0.39 is 0 Å². The minimum Gasteiger partial charge on any atom is -0.0654 e. The van der Waals surface area contributed by atoms with Gasteiger partial charge in [-0.1, -0.05) is 64.7 Å². The van der Waals surface area contributed by atoms with Gasteiger partial charge in [-0.3, -0.25) is 0 Å². The molecule has 4 bridgehead atoms. The first-order chi connectivity index (χ1) is 9.80. The van der Waals surface area contributed by atoms with Gasteiger partial charge < -0.3 is 0 Å². The Morgan fingerprint density at radius 3 is 2.25 bits per heavy atom. The molecule has 4 aliphatic carbocycles. The quantitative estimate of drug-likeness (QED) is 0.524. The zero-order chi connectivity index (χ0) is 13.8. The molecule has 0 aliphatic heterocycles. The molecule has 0 aromatic carbocycles. The fourth-order valence-corrected chi connectivity index (χ4v) is 6.08. The average Bonchev–Trinajstić information content (AvgIpc) is 2.68. The number of hydrogen-bond donors (Lipinski definition) is 0. The van der Waals surface area contributed by atoms with Crippen molar-refractivity contribution in [1.82, 2.24) is 0 Å². The van der Waals surface area contributed by atoms with E-state index in [1.807, 2.05) is 0 Å². The van der Waals surface area contributed by atoms with Gasteiger partial charge in [0.2, 0.25) is 0 Å². The van der Waals surface area contributed by atoms with Crippen LogP contribution in [-0.4, -0.2) is 0 Å². The molecule has 0 radical (unpaired) electrons. The zero-order valence-electron chi connectivity index (χ0n) is 13.8. The molecule has 4 aliphatic rings. The summed E-state index contributed by atoms with van der Waals surface area (Å²) in [5.41, 5.74) is 0.772. The summed E-state index contributed by atoms with van der Waals surface area (Å²) in [5.74, 6) is 3.27. The van der Waals surface area contributed by atoms with Crippen LogP contribution in [0.5, 0.6) is 0 Å². The molecular weight excluding hydrogens is 240 g/mol. The summed E-state index contributed by atoms with van der Waals surface area (Å²) < 4.78 is 0. The number of fused-ring (bicyclic) bond motifs is 7. The van der Waals surface area contributed by atoms with E-state index in [2.05, 4.69) is 6.92 Å². The highest BCUT2D eigenvalue weighted by Crippen LogP contribution is 2.53. The molecule has 0 heteroatoms. The molecule has 0 saturated heterocycles. The summed E-state index contributed by atoms with van der Waals surface area (Å²) in [5, 5.41) is 0. The lowest BCUT2D eigenvalue weighted by molar-refractivity contribution is 0.158. The van der Waals surface area contributed by atoms with Gasteiger partial charge in [-0.2, -0.15) is 0 Å². The fourth-order valence-electron chi connectivity index (χ4n) is 6.08. The molecule has 0 spiro atoms. The molecule has 0 aromatic rings. The summed E-state index contributed by atoms with van der Waals surface area (Å²) >= 11 is 0. The molecule has 0 N–H and O–H groups in total. The van der Waals surface area contributed by atoms with Crippen LogP contribution in [0.15, 0.2) is 0 Å². The molecule has 0 amide bonds. The van der Waals surface area contributed by atoms with Crippen LogP contribution in [0.1, 0.15) is 103 Å². The maximum atomic E-state index is 2.43. The van der Waals surface area contributed by atoms with Gasteiger partial charge in [0.25, 0.3) is 0 Å². The van der Waals surface area contributed by atoms with E-state index in [1.165, 1.54) is 38.5 Å². The lowest BCUT2D eigenvalue weighted by Gasteiger charge is -2.36. The Morgan fingerprint density at radius 1 is 0.750 bits per heavy atom. The first-order valence-corrected chi connectivity index (χ1v) is 9.80. The van der Waals surface area contributed by atoms with Gasteiger partial charge in [-0.25, -0.2) is 0 Å². The predicted molar refractivity (Wildman–Crippen MR) is 87.8 cm³/mol. The highest BCUT2D eigenvalue weighted by Gasteiger charge is 2.40. The van der Waals surface area contributed by atoms with Crippen LogP contribution in [0.4, 0.5) is 0 Å². The Hall–Kier alpha value is 0. The van der Waals surface area contributed by atoms with Gasteiger partial charge in [0, 0.05) is 0 Å². The summed E-state index contributed by atoms with van der Waals surface area (Å²) in [6, 6.07) is 0. The van der Waals surface area contributed by atoms with Crippen molar-refractivity contribution in [1.29, 1.82) is 0 Å². The third-order valence-corrected chi connectivity index (χ3v) is 6.93. The maximum Gasteiger partial charge on any atom is -0.0292 e. The second-order valence-electron chi connectivity index (χ2n) is 8.60. The molecule has 4 rings (SSSR count). The molecule has 0 heterocycles. The predicted octanol–water partition coefficient (Wildman–Crippen LogP) is 6.73. The van der Waals surface area contributed by atoms with Crippen molar-refractivity contribution < 1.29 is 0 Å². The second kappa shape index (κ2) is 6.84. The van der Waals surface area contributed by atoms with Gasteiger partial charge in [-0.15, -0.1) is 0 Å². The van der Waals surface area contributed by atoms with Gasteiger partial charge in [0.05, 0.1) is 0 Å². The zero-order valence-corrected chi connectivity index (χ0v) is 13.8.